The average molecular weight is 473 g/mol. The van der Waals surface area contributed by atoms with Crippen LogP contribution in [0.2, 0.25) is 0 Å². The molecule has 7 nitrogen and oxygen atoms in total. The number of nitrogens with one attached hydrogen (secondary N) is 1. The van der Waals surface area contributed by atoms with Crippen molar-refractivity contribution in [1.82, 2.24) is 15.1 Å². The largest absolute Gasteiger partial charge is 0.417 e. The van der Waals surface area contributed by atoms with Crippen LogP contribution in [0.5, 0.6) is 0 Å². The summed E-state index contributed by atoms with van der Waals surface area (Å²) >= 11 is 0.697. The first-order chi connectivity index (χ1) is 15.0. The van der Waals surface area contributed by atoms with Gasteiger partial charge in [0.15, 0.2) is 0 Å². The predicted molar refractivity (Wildman–Crippen MR) is 107 cm³/mol. The fourth-order valence-electron chi connectivity index (χ4n) is 3.47. The summed E-state index contributed by atoms with van der Waals surface area (Å²) in [5.74, 6) is -3.00. The van der Waals surface area contributed by atoms with Gasteiger partial charge in [-0.05, 0) is 55.3 Å². The van der Waals surface area contributed by atoms with E-state index in [-0.39, 0.29) is 30.8 Å². The number of thioether (sulfide) groups is 1. The van der Waals surface area contributed by atoms with Crippen LogP contribution in [-0.4, -0.2) is 58.9 Å². The molecule has 32 heavy (non-hydrogen) atoms. The zero-order valence-corrected chi connectivity index (χ0v) is 17.7. The Labute approximate surface area is 184 Å². The first-order valence-corrected chi connectivity index (χ1v) is 10.5. The van der Waals surface area contributed by atoms with Gasteiger partial charge in [-0.2, -0.15) is 13.2 Å². The maximum absolute atomic E-state index is 13.5. The van der Waals surface area contributed by atoms with Crippen molar-refractivity contribution >= 4 is 34.7 Å². The lowest BCUT2D eigenvalue weighted by Gasteiger charge is -2.30. The molecule has 1 aromatic rings. The highest BCUT2D eigenvalue weighted by Gasteiger charge is 2.40. The fourth-order valence-corrected chi connectivity index (χ4v) is 4.44. The molecule has 2 heterocycles. The number of carbonyl (C=O) groups excluding carboxylic acids is 4. The first kappa shape index (κ1) is 23.8. The second-order valence-electron chi connectivity index (χ2n) is 7.13. The van der Waals surface area contributed by atoms with Crippen molar-refractivity contribution in [3.05, 3.63) is 45.6 Å². The third kappa shape index (κ3) is 4.95. The number of benzene rings is 1. The number of likely N-dealkylation sites (N-methyl/N-ethyl adjacent to an activating group) is 1. The van der Waals surface area contributed by atoms with E-state index in [1.165, 1.54) is 0 Å². The molecule has 2 aliphatic heterocycles. The molecule has 0 radical (unpaired) electrons. The molecule has 1 N–H and O–H groups in total. The zero-order valence-electron chi connectivity index (χ0n) is 16.9. The van der Waals surface area contributed by atoms with Crippen molar-refractivity contribution in [3.8, 4) is 0 Å². The minimum atomic E-state index is -4.82. The van der Waals surface area contributed by atoms with Crippen molar-refractivity contribution in [3.63, 3.8) is 0 Å². The number of imide groups is 1. The second kappa shape index (κ2) is 9.31. The number of hydrogen-bond donors (Lipinski definition) is 1. The van der Waals surface area contributed by atoms with E-state index in [2.05, 4.69) is 5.32 Å². The third-order valence-corrected chi connectivity index (χ3v) is 6.08. The molecule has 0 unspecified atom stereocenters. The van der Waals surface area contributed by atoms with Crippen LogP contribution in [0.25, 0.3) is 0 Å². The number of nitrogens with zero attached hydrogens (tertiary/aromatic N) is 2. The smallest absolute Gasteiger partial charge is 0.355 e. The summed E-state index contributed by atoms with van der Waals surface area (Å²) < 4.78 is 53.2. The number of amides is 4. The van der Waals surface area contributed by atoms with Crippen LogP contribution in [-0.2, 0) is 15.8 Å². The van der Waals surface area contributed by atoms with Crippen LogP contribution in [0.3, 0.4) is 0 Å². The highest BCUT2D eigenvalue weighted by atomic mass is 32.2. The molecule has 2 saturated heterocycles. The lowest BCUT2D eigenvalue weighted by molar-refractivity contribution is -0.138. The predicted octanol–water partition coefficient (Wildman–Crippen LogP) is 3.17. The lowest BCUT2D eigenvalue weighted by Crippen LogP contribution is -2.40. The maximum atomic E-state index is 13.5. The Balaban J connectivity index is 1.73. The summed E-state index contributed by atoms with van der Waals surface area (Å²) in [4.78, 5) is 51.3. The van der Waals surface area contributed by atoms with Crippen LogP contribution in [0, 0.1) is 5.82 Å². The molecule has 4 amide bonds. The van der Waals surface area contributed by atoms with E-state index in [9.17, 15) is 36.7 Å². The quantitative estimate of drug-likeness (QED) is 0.536. The molecule has 0 bridgehead atoms. The van der Waals surface area contributed by atoms with Crippen LogP contribution < -0.4 is 5.32 Å². The molecule has 0 spiro atoms. The highest BCUT2D eigenvalue weighted by Crippen LogP contribution is 2.37. The molecule has 12 heteroatoms. The molecule has 172 valence electrons. The third-order valence-electron chi connectivity index (χ3n) is 5.02. The summed E-state index contributed by atoms with van der Waals surface area (Å²) in [7, 11) is 0. The molecular formula is C20H19F4N3O4S. The van der Waals surface area contributed by atoms with Gasteiger partial charge in [0.1, 0.15) is 12.4 Å². The van der Waals surface area contributed by atoms with Gasteiger partial charge in [0.05, 0.1) is 16.0 Å². The highest BCUT2D eigenvalue weighted by molar-refractivity contribution is 8.18. The molecule has 2 fully saturated rings. The Morgan fingerprint density at radius 2 is 1.81 bits per heavy atom. The minimum absolute atomic E-state index is 0.00380. The van der Waals surface area contributed by atoms with E-state index in [1.54, 1.807) is 6.92 Å². The van der Waals surface area contributed by atoms with Crippen LogP contribution in [0.1, 0.15) is 35.7 Å². The molecule has 0 saturated carbocycles. The molecule has 0 atom stereocenters. The Hall–Kier alpha value is -2.89. The number of piperidine rings is 1. The Bertz CT molecular complexity index is 999. The number of alkyl halides is 3. The number of halogens is 4. The molecule has 0 aromatic heterocycles. The van der Waals surface area contributed by atoms with Crippen LogP contribution >= 0.6 is 11.8 Å². The Kier molecular flexibility index (Phi) is 6.91. The second-order valence-corrected chi connectivity index (χ2v) is 8.09. The van der Waals surface area contributed by atoms with Gasteiger partial charge in [-0.15, -0.1) is 0 Å². The SMILES string of the molecule is CCNC(=O)CN1C(=O)SC(=C2CCN(C(=O)c3cc(F)ccc3C(F)(F)F)CC2)C1=O. The summed E-state index contributed by atoms with van der Waals surface area (Å²) in [5, 5.41) is 1.91. The molecule has 3 rings (SSSR count). The van der Waals surface area contributed by atoms with Gasteiger partial charge in [-0.3, -0.25) is 24.1 Å². The summed E-state index contributed by atoms with van der Waals surface area (Å²) in [6.45, 7) is 1.65. The van der Waals surface area contributed by atoms with E-state index >= 15 is 0 Å². The Morgan fingerprint density at radius 1 is 1.16 bits per heavy atom. The van der Waals surface area contributed by atoms with Gasteiger partial charge in [0.25, 0.3) is 17.1 Å². The van der Waals surface area contributed by atoms with Crippen LogP contribution in [0.4, 0.5) is 22.4 Å². The number of hydrogen-bond acceptors (Lipinski definition) is 5. The van der Waals surface area contributed by atoms with Crippen molar-refractivity contribution < 1.29 is 36.7 Å². The van der Waals surface area contributed by atoms with Gasteiger partial charge in [-0.1, -0.05) is 0 Å². The van der Waals surface area contributed by atoms with Crippen molar-refractivity contribution in [2.45, 2.75) is 25.9 Å². The number of likely N-dealkylation sites (tertiary alicyclic amines) is 1. The Morgan fingerprint density at radius 3 is 2.41 bits per heavy atom. The standard InChI is InChI=1S/C20H19F4N3O4S/c1-2-25-15(28)10-27-18(30)16(32-19(27)31)11-5-7-26(8-6-11)17(29)13-9-12(21)3-4-14(13)20(22,23)24/h3-4,9H,2,5-8,10H2,1H3,(H,25,28). The monoisotopic (exact) mass is 473 g/mol. The van der Waals surface area contributed by atoms with Crippen LogP contribution in [0.15, 0.2) is 28.7 Å². The zero-order chi connectivity index (χ0) is 23.6. The molecule has 0 aliphatic carbocycles. The van der Waals surface area contributed by atoms with E-state index < -0.39 is 52.6 Å². The van der Waals surface area contributed by atoms with E-state index in [4.69, 9.17) is 0 Å². The summed E-state index contributed by atoms with van der Waals surface area (Å²) in [6, 6.07) is 1.74. The van der Waals surface area contributed by atoms with Crippen molar-refractivity contribution in [2.75, 3.05) is 26.2 Å². The van der Waals surface area contributed by atoms with Gasteiger partial charge in [-0.25, -0.2) is 4.39 Å². The topological polar surface area (TPSA) is 86.8 Å². The van der Waals surface area contributed by atoms with E-state index in [1.807, 2.05) is 0 Å². The molecule has 1 aromatic carbocycles. The van der Waals surface area contributed by atoms with Gasteiger partial charge in [0.2, 0.25) is 5.91 Å². The number of rotatable bonds is 4. The maximum Gasteiger partial charge on any atom is 0.417 e. The van der Waals surface area contributed by atoms with Gasteiger partial charge in [0, 0.05) is 19.6 Å². The summed E-state index contributed by atoms with van der Waals surface area (Å²) in [5.41, 5.74) is -1.41. The van der Waals surface area contributed by atoms with Gasteiger partial charge >= 0.3 is 6.18 Å². The van der Waals surface area contributed by atoms with Crippen molar-refractivity contribution in [2.24, 2.45) is 0 Å². The van der Waals surface area contributed by atoms with Gasteiger partial charge < -0.3 is 10.2 Å². The van der Waals surface area contributed by atoms with E-state index in [0.717, 1.165) is 9.80 Å². The normalized spacial score (nSPS) is 17.3. The van der Waals surface area contributed by atoms with Crippen molar-refractivity contribution in [1.29, 1.82) is 0 Å². The molecule has 2 aliphatic rings. The number of carbonyl (C=O) groups is 4. The van der Waals surface area contributed by atoms with E-state index in [0.29, 0.717) is 42.1 Å². The lowest BCUT2D eigenvalue weighted by atomic mass is 10.00. The molecular weight excluding hydrogens is 454 g/mol. The minimum Gasteiger partial charge on any atom is -0.355 e. The first-order valence-electron chi connectivity index (χ1n) is 9.71. The fraction of sp³-hybridized carbons (Fsp3) is 0.400. The average Bonchev–Trinajstić information content (AvgIpc) is 3.01. The summed E-state index contributed by atoms with van der Waals surface area (Å²) in [6.07, 6.45) is -4.49.